The van der Waals surface area contributed by atoms with Gasteiger partial charge in [-0.3, -0.25) is 14.9 Å². The maximum Gasteiger partial charge on any atom is 0.269 e. The molecule has 2 aromatic rings. The molecule has 1 aliphatic carbocycles. The molecule has 0 unspecified atom stereocenters. The highest BCUT2D eigenvalue weighted by atomic mass is 35.5. The van der Waals surface area contributed by atoms with Gasteiger partial charge >= 0.3 is 0 Å². The second kappa shape index (κ2) is 8.61. The van der Waals surface area contributed by atoms with Gasteiger partial charge in [-0.15, -0.1) is 0 Å². The van der Waals surface area contributed by atoms with Crippen LogP contribution in [0.25, 0.3) is 0 Å². The molecule has 1 N–H and O–H groups in total. The maximum atomic E-state index is 13.3. The van der Waals surface area contributed by atoms with Gasteiger partial charge in [-0.1, -0.05) is 43.0 Å². The van der Waals surface area contributed by atoms with Gasteiger partial charge in [0.05, 0.1) is 22.0 Å². The zero-order valence-electron chi connectivity index (χ0n) is 15.7. The number of anilines is 1. The summed E-state index contributed by atoms with van der Waals surface area (Å²) in [5.74, 6) is 0.464. The Labute approximate surface area is 169 Å². The van der Waals surface area contributed by atoms with Crippen molar-refractivity contribution in [1.29, 1.82) is 0 Å². The molecule has 1 saturated carbocycles. The van der Waals surface area contributed by atoms with Crippen molar-refractivity contribution < 1.29 is 14.5 Å². The van der Waals surface area contributed by atoms with Crippen molar-refractivity contribution in [2.24, 2.45) is 0 Å². The average Bonchev–Trinajstić information content (AvgIpc) is 2.70. The Kier molecular flexibility index (Phi) is 6.19. The van der Waals surface area contributed by atoms with E-state index in [-0.39, 0.29) is 11.6 Å². The van der Waals surface area contributed by atoms with Gasteiger partial charge in [0.1, 0.15) is 5.75 Å². The number of ether oxygens (including phenoxy) is 1. The Morgan fingerprint density at radius 2 is 1.86 bits per heavy atom. The Bertz CT molecular complexity index is 861. The molecule has 0 spiro atoms. The molecule has 148 valence electrons. The lowest BCUT2D eigenvalue weighted by atomic mass is 9.68. The molecule has 0 bridgehead atoms. The molecule has 0 atom stereocenters. The fourth-order valence-corrected chi connectivity index (χ4v) is 4.04. The quantitative estimate of drug-likeness (QED) is 0.511. The molecule has 0 aromatic heterocycles. The van der Waals surface area contributed by atoms with Crippen molar-refractivity contribution in [1.82, 2.24) is 0 Å². The number of amides is 1. The van der Waals surface area contributed by atoms with E-state index in [1.807, 2.05) is 6.92 Å². The third-order valence-electron chi connectivity index (χ3n) is 5.26. The van der Waals surface area contributed by atoms with Crippen LogP contribution in [0.15, 0.2) is 42.5 Å². The van der Waals surface area contributed by atoms with Crippen LogP contribution < -0.4 is 10.1 Å². The van der Waals surface area contributed by atoms with Gasteiger partial charge in [0.25, 0.3) is 5.69 Å². The third-order valence-corrected chi connectivity index (χ3v) is 5.56. The monoisotopic (exact) mass is 402 g/mol. The van der Waals surface area contributed by atoms with Crippen LogP contribution in [0.3, 0.4) is 0 Å². The number of carbonyl (C=O) groups is 1. The third kappa shape index (κ3) is 4.12. The molecule has 3 rings (SSSR count). The molecule has 0 heterocycles. The van der Waals surface area contributed by atoms with E-state index in [4.69, 9.17) is 16.3 Å². The highest BCUT2D eigenvalue weighted by molar-refractivity contribution is 6.32. The first kappa shape index (κ1) is 20.1. The lowest BCUT2D eigenvalue weighted by Crippen LogP contribution is -2.42. The first-order valence-electron chi connectivity index (χ1n) is 9.45. The SMILES string of the molecule is CCOc1ccc(NC(=O)C2(c3ccc([N+](=O)[O-])cc3)CCCCC2)cc1Cl. The molecular formula is C21H23ClN2O4. The first-order chi connectivity index (χ1) is 13.5. The van der Waals surface area contributed by atoms with Crippen molar-refractivity contribution in [3.05, 3.63) is 63.2 Å². The molecule has 0 saturated heterocycles. The fourth-order valence-electron chi connectivity index (χ4n) is 3.81. The molecule has 1 amide bonds. The van der Waals surface area contributed by atoms with Gasteiger partial charge in [-0.05, 0) is 43.5 Å². The number of non-ortho nitro benzene ring substituents is 1. The zero-order valence-corrected chi connectivity index (χ0v) is 16.5. The summed E-state index contributed by atoms with van der Waals surface area (Å²) in [5.41, 5.74) is 0.740. The van der Waals surface area contributed by atoms with Crippen LogP contribution >= 0.6 is 11.6 Å². The second-order valence-corrected chi connectivity index (χ2v) is 7.39. The van der Waals surface area contributed by atoms with Crippen molar-refractivity contribution in [2.75, 3.05) is 11.9 Å². The molecule has 1 aliphatic rings. The number of nitrogens with zero attached hydrogens (tertiary/aromatic N) is 1. The molecule has 0 radical (unpaired) electrons. The van der Waals surface area contributed by atoms with E-state index in [0.29, 0.717) is 35.9 Å². The summed E-state index contributed by atoms with van der Waals surface area (Å²) in [6, 6.07) is 11.5. The Morgan fingerprint density at radius 3 is 2.43 bits per heavy atom. The van der Waals surface area contributed by atoms with Gasteiger partial charge in [0, 0.05) is 17.8 Å². The lowest BCUT2D eigenvalue weighted by molar-refractivity contribution is -0.384. The van der Waals surface area contributed by atoms with E-state index >= 15 is 0 Å². The van der Waals surface area contributed by atoms with E-state index in [0.717, 1.165) is 24.8 Å². The highest BCUT2D eigenvalue weighted by Crippen LogP contribution is 2.41. The van der Waals surface area contributed by atoms with E-state index < -0.39 is 10.3 Å². The summed E-state index contributed by atoms with van der Waals surface area (Å²) in [4.78, 5) is 23.8. The summed E-state index contributed by atoms with van der Waals surface area (Å²) in [5, 5.41) is 14.4. The minimum Gasteiger partial charge on any atom is -0.492 e. The van der Waals surface area contributed by atoms with Gasteiger partial charge < -0.3 is 10.1 Å². The lowest BCUT2D eigenvalue weighted by Gasteiger charge is -2.36. The van der Waals surface area contributed by atoms with Crippen LogP contribution in [-0.4, -0.2) is 17.4 Å². The number of rotatable bonds is 6. The summed E-state index contributed by atoms with van der Waals surface area (Å²) in [7, 11) is 0. The molecular weight excluding hydrogens is 380 g/mol. The number of nitrogens with one attached hydrogen (secondary N) is 1. The molecule has 2 aromatic carbocycles. The number of halogens is 1. The maximum absolute atomic E-state index is 13.3. The first-order valence-corrected chi connectivity index (χ1v) is 9.83. The Hall–Kier alpha value is -2.60. The smallest absolute Gasteiger partial charge is 0.269 e. The topological polar surface area (TPSA) is 81.5 Å². The molecule has 28 heavy (non-hydrogen) atoms. The van der Waals surface area contributed by atoms with Crippen LogP contribution in [0.5, 0.6) is 5.75 Å². The van der Waals surface area contributed by atoms with Crippen molar-refractivity contribution in [3.63, 3.8) is 0 Å². The van der Waals surface area contributed by atoms with Gasteiger partial charge in [-0.2, -0.15) is 0 Å². The number of hydrogen-bond donors (Lipinski definition) is 1. The van der Waals surface area contributed by atoms with Crippen molar-refractivity contribution in [2.45, 2.75) is 44.4 Å². The number of benzene rings is 2. The summed E-state index contributed by atoms with van der Waals surface area (Å²) in [6.45, 7) is 2.39. The number of nitro benzene ring substituents is 1. The van der Waals surface area contributed by atoms with Crippen LogP contribution in [0, 0.1) is 10.1 Å². The summed E-state index contributed by atoms with van der Waals surface area (Å²) >= 11 is 6.24. The van der Waals surface area contributed by atoms with E-state index in [1.165, 1.54) is 12.1 Å². The number of nitro groups is 1. The van der Waals surface area contributed by atoms with Crippen LogP contribution in [0.2, 0.25) is 5.02 Å². The summed E-state index contributed by atoms with van der Waals surface area (Å²) < 4.78 is 5.43. The van der Waals surface area contributed by atoms with Gasteiger partial charge in [0.2, 0.25) is 5.91 Å². The van der Waals surface area contributed by atoms with Crippen LogP contribution in [0.4, 0.5) is 11.4 Å². The average molecular weight is 403 g/mol. The van der Waals surface area contributed by atoms with Gasteiger partial charge in [0.15, 0.2) is 0 Å². The zero-order chi connectivity index (χ0) is 20.1. The van der Waals surface area contributed by atoms with E-state index in [1.54, 1.807) is 30.3 Å². The van der Waals surface area contributed by atoms with Crippen molar-refractivity contribution in [3.8, 4) is 5.75 Å². The fraction of sp³-hybridized carbons (Fsp3) is 0.381. The molecule has 7 heteroatoms. The van der Waals surface area contributed by atoms with Crippen LogP contribution in [0.1, 0.15) is 44.6 Å². The predicted octanol–water partition coefficient (Wildman–Crippen LogP) is 5.49. The summed E-state index contributed by atoms with van der Waals surface area (Å²) in [6.07, 6.45) is 4.38. The molecule has 6 nitrogen and oxygen atoms in total. The standard InChI is InChI=1S/C21H23ClN2O4/c1-2-28-19-11-8-16(14-18(19)22)23-20(25)21(12-4-3-5-13-21)15-6-9-17(10-7-15)24(26)27/h6-11,14H,2-5,12-13H2,1H3,(H,23,25). The minimum absolute atomic E-state index is 0.0217. The van der Waals surface area contributed by atoms with E-state index in [2.05, 4.69) is 5.32 Å². The Balaban J connectivity index is 1.88. The van der Waals surface area contributed by atoms with E-state index in [9.17, 15) is 14.9 Å². The second-order valence-electron chi connectivity index (χ2n) is 6.98. The highest BCUT2D eigenvalue weighted by Gasteiger charge is 2.41. The molecule has 1 fully saturated rings. The number of hydrogen-bond acceptors (Lipinski definition) is 4. The normalized spacial score (nSPS) is 15.6. The largest absolute Gasteiger partial charge is 0.492 e. The number of carbonyl (C=O) groups excluding carboxylic acids is 1. The Morgan fingerprint density at radius 1 is 1.18 bits per heavy atom. The van der Waals surface area contributed by atoms with Gasteiger partial charge in [-0.25, -0.2) is 0 Å². The minimum atomic E-state index is -0.696. The van der Waals surface area contributed by atoms with Crippen molar-refractivity contribution >= 4 is 28.9 Å². The predicted molar refractivity (Wildman–Crippen MR) is 109 cm³/mol. The molecule has 0 aliphatic heterocycles. The van der Waals surface area contributed by atoms with Crippen LogP contribution in [-0.2, 0) is 10.2 Å².